The van der Waals surface area contributed by atoms with Crippen molar-refractivity contribution in [2.24, 2.45) is 5.92 Å². The Hall–Kier alpha value is -2.94. The Kier molecular flexibility index (Phi) is 9.40. The largest absolute Gasteiger partial charge is 0.391 e. The lowest BCUT2D eigenvalue weighted by atomic mass is 10.00. The number of aliphatic hydroxyl groups excluding tert-OH is 1. The van der Waals surface area contributed by atoms with Crippen LogP contribution in [0.3, 0.4) is 0 Å². The first-order chi connectivity index (χ1) is 15.5. The number of fused-ring (bicyclic) bond motifs is 2. The van der Waals surface area contributed by atoms with E-state index < -0.39 is 30.0 Å². The van der Waals surface area contributed by atoms with E-state index in [-0.39, 0.29) is 30.8 Å². The van der Waals surface area contributed by atoms with Crippen LogP contribution < -0.4 is 16.0 Å². The van der Waals surface area contributed by atoms with E-state index in [0.717, 1.165) is 11.1 Å². The van der Waals surface area contributed by atoms with E-state index >= 15 is 0 Å². The molecule has 1 aromatic rings. The molecule has 2 bridgehead atoms. The molecule has 0 aromatic heterocycles. The van der Waals surface area contributed by atoms with Gasteiger partial charge in [0.25, 0.3) is 5.91 Å². The van der Waals surface area contributed by atoms with Gasteiger partial charge in [-0.2, -0.15) is 0 Å². The first kappa shape index (κ1) is 26.3. The maximum atomic E-state index is 12.8. The number of amides is 4. The van der Waals surface area contributed by atoms with Crippen LogP contribution >= 0.6 is 0 Å². The van der Waals surface area contributed by atoms with Crippen molar-refractivity contribution in [3.8, 4) is 0 Å². The highest BCUT2D eigenvalue weighted by molar-refractivity contribution is 5.98. The van der Waals surface area contributed by atoms with Gasteiger partial charge >= 0.3 is 0 Å². The topological polar surface area (TPSA) is 128 Å². The van der Waals surface area contributed by atoms with Gasteiger partial charge in [-0.1, -0.05) is 19.9 Å². The van der Waals surface area contributed by atoms with Gasteiger partial charge in [-0.15, -0.1) is 0 Å². The van der Waals surface area contributed by atoms with Gasteiger partial charge in [-0.25, -0.2) is 0 Å². The Morgan fingerprint density at radius 2 is 1.85 bits per heavy atom. The van der Waals surface area contributed by atoms with Crippen LogP contribution in [0.2, 0.25) is 0 Å². The molecule has 1 aliphatic heterocycles. The second-order valence-corrected chi connectivity index (χ2v) is 9.07. The standard InChI is InChI=1S/C24H36N4O5/c1-14(2)24(33)28-12-16(4)26-23(32)21(17(5)29)27-22(31)19-9-8-15(3)18(11-19)7-6-10-25-20(30)13-28/h8-9,11,14,16-17,21,29H,6-7,10,12-13H2,1-5H3,(H,25,30)(H,26,32)(H,27,31)/t16-,17-,21+/m1/s1. The summed E-state index contributed by atoms with van der Waals surface area (Å²) in [6.07, 6.45) is 0.189. The van der Waals surface area contributed by atoms with Crippen LogP contribution in [0.25, 0.3) is 0 Å². The van der Waals surface area contributed by atoms with Crippen molar-refractivity contribution in [1.29, 1.82) is 0 Å². The van der Waals surface area contributed by atoms with Gasteiger partial charge < -0.3 is 26.0 Å². The number of hydrogen-bond donors (Lipinski definition) is 4. The van der Waals surface area contributed by atoms with Crippen molar-refractivity contribution in [2.45, 2.75) is 65.6 Å². The molecule has 1 aliphatic rings. The predicted molar refractivity (Wildman–Crippen MR) is 124 cm³/mol. The SMILES string of the molecule is Cc1ccc2cc1CCCNC(=O)CN(C(=O)C(C)C)C[C@@H](C)NC(=O)[C@H]([C@@H](C)O)NC2=O. The lowest BCUT2D eigenvalue weighted by Gasteiger charge is -2.29. The monoisotopic (exact) mass is 460 g/mol. The van der Waals surface area contributed by atoms with Crippen molar-refractivity contribution < 1.29 is 24.3 Å². The van der Waals surface area contributed by atoms with Crippen LogP contribution in [-0.2, 0) is 20.8 Å². The number of benzene rings is 1. The van der Waals surface area contributed by atoms with Crippen molar-refractivity contribution in [2.75, 3.05) is 19.6 Å². The Morgan fingerprint density at radius 1 is 1.15 bits per heavy atom. The Morgan fingerprint density at radius 3 is 2.48 bits per heavy atom. The summed E-state index contributed by atoms with van der Waals surface area (Å²) in [4.78, 5) is 52.2. The highest BCUT2D eigenvalue weighted by Gasteiger charge is 2.29. The van der Waals surface area contributed by atoms with Gasteiger partial charge in [0, 0.05) is 30.6 Å². The van der Waals surface area contributed by atoms with Gasteiger partial charge in [0.05, 0.1) is 12.6 Å². The maximum Gasteiger partial charge on any atom is 0.252 e. The van der Waals surface area contributed by atoms with E-state index in [1.807, 2.05) is 13.0 Å². The fourth-order valence-electron chi connectivity index (χ4n) is 3.75. The molecule has 9 heteroatoms. The Balaban J connectivity index is 2.33. The van der Waals surface area contributed by atoms with Gasteiger partial charge in [0.1, 0.15) is 6.04 Å². The molecule has 1 heterocycles. The summed E-state index contributed by atoms with van der Waals surface area (Å²) >= 11 is 0. The molecule has 182 valence electrons. The second-order valence-electron chi connectivity index (χ2n) is 9.07. The Bertz CT molecular complexity index is 884. The fourth-order valence-corrected chi connectivity index (χ4v) is 3.75. The molecule has 1 aromatic carbocycles. The molecule has 0 fully saturated rings. The molecule has 9 nitrogen and oxygen atoms in total. The third-order valence-electron chi connectivity index (χ3n) is 5.63. The van der Waals surface area contributed by atoms with Crippen molar-refractivity contribution in [3.63, 3.8) is 0 Å². The summed E-state index contributed by atoms with van der Waals surface area (Å²) in [6, 6.07) is 3.61. The molecule has 0 saturated heterocycles. The zero-order chi connectivity index (χ0) is 24.7. The average molecular weight is 461 g/mol. The molecular weight excluding hydrogens is 424 g/mol. The van der Waals surface area contributed by atoms with E-state index in [1.54, 1.807) is 32.9 Å². The smallest absolute Gasteiger partial charge is 0.252 e. The fraction of sp³-hybridized carbons (Fsp3) is 0.583. The summed E-state index contributed by atoms with van der Waals surface area (Å²) in [7, 11) is 0. The first-order valence-corrected chi connectivity index (χ1v) is 11.4. The number of hydrogen-bond acceptors (Lipinski definition) is 5. The van der Waals surface area contributed by atoms with Crippen LogP contribution in [0.4, 0.5) is 0 Å². The summed E-state index contributed by atoms with van der Waals surface area (Å²) in [6.45, 7) is 9.03. The molecule has 33 heavy (non-hydrogen) atoms. The van der Waals surface area contributed by atoms with Gasteiger partial charge in [0.15, 0.2) is 0 Å². The molecule has 0 unspecified atom stereocenters. The summed E-state index contributed by atoms with van der Waals surface area (Å²) in [5, 5.41) is 18.4. The number of carbonyl (C=O) groups is 4. The van der Waals surface area contributed by atoms with Crippen LogP contribution in [0.15, 0.2) is 18.2 Å². The van der Waals surface area contributed by atoms with Crippen LogP contribution in [0.5, 0.6) is 0 Å². The van der Waals surface area contributed by atoms with E-state index in [1.165, 1.54) is 11.8 Å². The van der Waals surface area contributed by atoms with Crippen molar-refractivity contribution in [1.82, 2.24) is 20.9 Å². The van der Waals surface area contributed by atoms with Crippen LogP contribution in [-0.4, -0.2) is 71.5 Å². The lowest BCUT2D eigenvalue weighted by molar-refractivity contribution is -0.139. The molecule has 4 N–H and O–H groups in total. The summed E-state index contributed by atoms with van der Waals surface area (Å²) in [5.41, 5.74) is 2.37. The minimum absolute atomic E-state index is 0.109. The molecule has 0 spiro atoms. The molecule has 0 radical (unpaired) electrons. The van der Waals surface area contributed by atoms with Crippen LogP contribution in [0, 0.1) is 12.8 Å². The van der Waals surface area contributed by atoms with Gasteiger partial charge in [-0.05, 0) is 56.9 Å². The zero-order valence-electron chi connectivity index (χ0n) is 20.1. The third-order valence-corrected chi connectivity index (χ3v) is 5.63. The van der Waals surface area contributed by atoms with E-state index in [4.69, 9.17) is 0 Å². The number of aryl methyl sites for hydroxylation is 2. The highest BCUT2D eigenvalue weighted by atomic mass is 16.3. The van der Waals surface area contributed by atoms with Gasteiger partial charge in [0.2, 0.25) is 17.7 Å². The minimum Gasteiger partial charge on any atom is -0.391 e. The number of nitrogens with one attached hydrogen (secondary N) is 3. The molecule has 0 saturated carbocycles. The van der Waals surface area contributed by atoms with E-state index in [0.29, 0.717) is 24.9 Å². The quantitative estimate of drug-likeness (QED) is 0.512. The molecule has 2 rings (SSSR count). The van der Waals surface area contributed by atoms with Gasteiger partial charge in [-0.3, -0.25) is 19.2 Å². The average Bonchev–Trinajstić information content (AvgIpc) is 2.73. The number of aliphatic hydroxyl groups is 1. The van der Waals surface area contributed by atoms with E-state index in [9.17, 15) is 24.3 Å². The normalized spacial score (nSPS) is 22.2. The Labute approximate surface area is 195 Å². The second kappa shape index (κ2) is 11.8. The van der Waals surface area contributed by atoms with Crippen molar-refractivity contribution >= 4 is 23.6 Å². The number of carbonyl (C=O) groups excluding carboxylic acids is 4. The highest BCUT2D eigenvalue weighted by Crippen LogP contribution is 2.14. The zero-order valence-corrected chi connectivity index (χ0v) is 20.1. The number of nitrogens with zero attached hydrogens (tertiary/aromatic N) is 1. The van der Waals surface area contributed by atoms with Crippen molar-refractivity contribution in [3.05, 3.63) is 34.9 Å². The number of rotatable bonds is 2. The predicted octanol–water partition coefficient (Wildman–Crippen LogP) is 0.526. The third kappa shape index (κ3) is 7.56. The lowest BCUT2D eigenvalue weighted by Crippen LogP contribution is -2.56. The molecule has 0 aliphatic carbocycles. The molecule has 4 amide bonds. The minimum atomic E-state index is -1.17. The van der Waals surface area contributed by atoms with E-state index in [2.05, 4.69) is 16.0 Å². The summed E-state index contributed by atoms with van der Waals surface area (Å²) < 4.78 is 0. The maximum absolute atomic E-state index is 12.8. The first-order valence-electron chi connectivity index (χ1n) is 11.4. The molecular formula is C24H36N4O5. The molecule has 3 atom stereocenters. The van der Waals surface area contributed by atoms with Crippen LogP contribution in [0.1, 0.15) is 55.6 Å². The summed E-state index contributed by atoms with van der Waals surface area (Å²) in [5.74, 6) is -1.80.